The van der Waals surface area contributed by atoms with Gasteiger partial charge < -0.3 is 25.7 Å². The molecule has 0 saturated carbocycles. The van der Waals surface area contributed by atoms with Gasteiger partial charge in [0.1, 0.15) is 6.54 Å². The van der Waals surface area contributed by atoms with Crippen molar-refractivity contribution in [1.29, 1.82) is 0 Å². The number of benzene rings is 1. The number of amides is 3. The highest BCUT2D eigenvalue weighted by Crippen LogP contribution is 2.37. The van der Waals surface area contributed by atoms with Crippen molar-refractivity contribution in [3.05, 3.63) is 34.5 Å². The Labute approximate surface area is 168 Å². The zero-order valence-electron chi connectivity index (χ0n) is 16.1. The third-order valence-corrected chi connectivity index (χ3v) is 5.05. The molecule has 0 aromatic heterocycles. The molecule has 2 atom stereocenters. The van der Waals surface area contributed by atoms with Crippen molar-refractivity contribution >= 4 is 23.4 Å². The molecule has 3 rings (SSSR count). The molecular formula is C19H26N4O6. The summed E-state index contributed by atoms with van der Waals surface area (Å²) >= 11 is 0. The lowest BCUT2D eigenvalue weighted by atomic mass is 10.0. The number of hydrogen-bond donors (Lipinski definition) is 3. The topological polar surface area (TPSA) is 143 Å². The summed E-state index contributed by atoms with van der Waals surface area (Å²) in [4.78, 5) is 36.4. The lowest BCUT2D eigenvalue weighted by Gasteiger charge is -2.42. The van der Waals surface area contributed by atoms with Crippen molar-refractivity contribution in [2.45, 2.75) is 25.4 Å². The fourth-order valence-electron chi connectivity index (χ4n) is 3.63. The van der Waals surface area contributed by atoms with Crippen LogP contribution in [0.5, 0.6) is 0 Å². The number of carbonyl (C=O) groups is 3. The smallest absolute Gasteiger partial charge is 0.347 e. The predicted molar refractivity (Wildman–Crippen MR) is 103 cm³/mol. The van der Waals surface area contributed by atoms with E-state index in [1.165, 1.54) is 0 Å². The number of quaternary nitrogens is 1. The molecular weight excluding hydrogens is 380 g/mol. The Hall–Kier alpha value is -2.37. The molecule has 3 amide bonds. The van der Waals surface area contributed by atoms with Gasteiger partial charge in [0.05, 0.1) is 32.0 Å². The zero-order chi connectivity index (χ0) is 20.9. The van der Waals surface area contributed by atoms with E-state index in [1.807, 2.05) is 0 Å². The maximum absolute atomic E-state index is 13.4. The molecule has 0 aliphatic carbocycles. The van der Waals surface area contributed by atoms with E-state index in [2.05, 4.69) is 10.6 Å². The SMILES string of the molecule is NCCOCCOCCNc1cccc2c1C[N+]([O-])(C1CCC(=O)NC1=O)C2=O. The highest BCUT2D eigenvalue weighted by atomic mass is 16.6. The molecule has 1 aromatic carbocycles. The normalized spacial score (nSPS) is 23.8. The van der Waals surface area contributed by atoms with Gasteiger partial charge in [0.2, 0.25) is 5.91 Å². The van der Waals surface area contributed by atoms with E-state index >= 15 is 0 Å². The third kappa shape index (κ3) is 4.62. The monoisotopic (exact) mass is 406 g/mol. The van der Waals surface area contributed by atoms with E-state index in [-0.39, 0.29) is 19.4 Å². The molecule has 10 nitrogen and oxygen atoms in total. The van der Waals surface area contributed by atoms with Crippen molar-refractivity contribution in [3.63, 3.8) is 0 Å². The minimum atomic E-state index is -1.29. The molecule has 1 aromatic rings. The summed E-state index contributed by atoms with van der Waals surface area (Å²) in [6, 6.07) is 3.96. The average molecular weight is 406 g/mol. The number of anilines is 1. The van der Waals surface area contributed by atoms with E-state index in [0.29, 0.717) is 56.3 Å². The number of nitrogens with one attached hydrogen (secondary N) is 2. The fourth-order valence-corrected chi connectivity index (χ4v) is 3.63. The van der Waals surface area contributed by atoms with Crippen LogP contribution in [0.25, 0.3) is 0 Å². The van der Waals surface area contributed by atoms with Gasteiger partial charge in [-0.3, -0.25) is 19.6 Å². The number of hydroxylamine groups is 3. The summed E-state index contributed by atoms with van der Waals surface area (Å²) in [6.45, 7) is 2.65. The summed E-state index contributed by atoms with van der Waals surface area (Å²) in [5.74, 6) is -1.75. The number of piperidine rings is 1. The molecule has 4 N–H and O–H groups in total. The Bertz CT molecular complexity index is 786. The number of fused-ring (bicyclic) bond motifs is 1. The second-order valence-electron chi connectivity index (χ2n) is 7.00. The molecule has 2 unspecified atom stereocenters. The molecule has 1 saturated heterocycles. The second-order valence-corrected chi connectivity index (χ2v) is 7.00. The molecule has 2 aliphatic heterocycles. The zero-order valence-corrected chi connectivity index (χ0v) is 16.1. The summed E-state index contributed by atoms with van der Waals surface area (Å²) in [7, 11) is 0. The van der Waals surface area contributed by atoms with Gasteiger partial charge in [-0.2, -0.15) is 0 Å². The minimum Gasteiger partial charge on any atom is -0.624 e. The van der Waals surface area contributed by atoms with Crippen LogP contribution in [0, 0.1) is 5.21 Å². The summed E-state index contributed by atoms with van der Waals surface area (Å²) in [5, 5.41) is 18.7. The predicted octanol–water partition coefficient (Wildman–Crippen LogP) is -0.136. The number of rotatable bonds is 10. The second kappa shape index (κ2) is 9.42. The maximum Gasteiger partial charge on any atom is 0.347 e. The molecule has 0 spiro atoms. The largest absolute Gasteiger partial charge is 0.624 e. The molecule has 10 heteroatoms. The van der Waals surface area contributed by atoms with Crippen LogP contribution in [0.15, 0.2) is 18.2 Å². The molecule has 2 aliphatic rings. The summed E-state index contributed by atoms with van der Waals surface area (Å²) < 4.78 is 9.38. The van der Waals surface area contributed by atoms with Crippen LogP contribution in [-0.2, 0) is 25.6 Å². The molecule has 0 radical (unpaired) electrons. The first-order valence-corrected chi connectivity index (χ1v) is 9.66. The lowest BCUT2D eigenvalue weighted by molar-refractivity contribution is -0.825. The molecule has 1 fully saturated rings. The first-order chi connectivity index (χ1) is 14.0. The summed E-state index contributed by atoms with van der Waals surface area (Å²) in [5.41, 5.74) is 6.90. The van der Waals surface area contributed by atoms with Crippen LogP contribution in [0.4, 0.5) is 5.69 Å². The van der Waals surface area contributed by atoms with Crippen molar-refractivity contribution in [2.24, 2.45) is 5.73 Å². The van der Waals surface area contributed by atoms with Gasteiger partial charge in [0.15, 0.2) is 6.04 Å². The van der Waals surface area contributed by atoms with Crippen LogP contribution >= 0.6 is 0 Å². The molecule has 29 heavy (non-hydrogen) atoms. The summed E-state index contributed by atoms with van der Waals surface area (Å²) in [6.07, 6.45) is 0.121. The van der Waals surface area contributed by atoms with Crippen LogP contribution < -0.4 is 16.4 Å². The average Bonchev–Trinajstić information content (AvgIpc) is 2.96. The first-order valence-electron chi connectivity index (χ1n) is 9.66. The van der Waals surface area contributed by atoms with Crippen LogP contribution in [0.2, 0.25) is 0 Å². The van der Waals surface area contributed by atoms with E-state index in [4.69, 9.17) is 15.2 Å². The van der Waals surface area contributed by atoms with Gasteiger partial charge >= 0.3 is 5.91 Å². The number of ether oxygens (including phenoxy) is 2. The van der Waals surface area contributed by atoms with Crippen molar-refractivity contribution in [2.75, 3.05) is 44.8 Å². The van der Waals surface area contributed by atoms with E-state index < -0.39 is 28.4 Å². The van der Waals surface area contributed by atoms with Gasteiger partial charge in [-0.1, -0.05) is 6.07 Å². The molecule has 0 bridgehead atoms. The number of nitrogens with two attached hydrogens (primary N) is 1. The molecule has 2 heterocycles. The first kappa shape index (κ1) is 21.3. The standard InChI is InChI=1S/C19H26N4O6/c20-6-8-28-10-11-29-9-7-21-15-3-1-2-13-14(15)12-23(27,19(13)26)16-4-5-17(24)22-18(16)25/h1-3,16,21H,4-12,20H2,(H,22,24,25). The Morgan fingerprint density at radius 1 is 1.17 bits per heavy atom. The van der Waals surface area contributed by atoms with E-state index in [1.54, 1.807) is 18.2 Å². The van der Waals surface area contributed by atoms with Crippen LogP contribution in [0.1, 0.15) is 28.8 Å². The Morgan fingerprint density at radius 2 is 1.93 bits per heavy atom. The van der Waals surface area contributed by atoms with Gasteiger partial charge in [-0.25, -0.2) is 4.79 Å². The van der Waals surface area contributed by atoms with Crippen LogP contribution in [-0.4, -0.2) is 67.9 Å². The van der Waals surface area contributed by atoms with Crippen molar-refractivity contribution < 1.29 is 28.5 Å². The van der Waals surface area contributed by atoms with Crippen LogP contribution in [0.3, 0.4) is 0 Å². The Morgan fingerprint density at radius 3 is 2.66 bits per heavy atom. The maximum atomic E-state index is 13.4. The quantitative estimate of drug-likeness (QED) is 0.211. The van der Waals surface area contributed by atoms with Gasteiger partial charge in [0.25, 0.3) is 5.91 Å². The number of nitrogens with zero attached hydrogens (tertiary/aromatic N) is 1. The number of hydrogen-bond acceptors (Lipinski definition) is 8. The third-order valence-electron chi connectivity index (χ3n) is 5.05. The number of carbonyl (C=O) groups excluding carboxylic acids is 3. The highest BCUT2D eigenvalue weighted by Gasteiger charge is 2.49. The van der Waals surface area contributed by atoms with Gasteiger partial charge in [0, 0.05) is 37.2 Å². The Balaban J connectivity index is 1.60. The highest BCUT2D eigenvalue weighted by molar-refractivity contribution is 6.02. The van der Waals surface area contributed by atoms with E-state index in [0.717, 1.165) is 0 Å². The number of imide groups is 1. The van der Waals surface area contributed by atoms with Crippen molar-refractivity contribution in [3.8, 4) is 0 Å². The fraction of sp³-hybridized carbons (Fsp3) is 0.526. The van der Waals surface area contributed by atoms with Gasteiger partial charge in [-0.05, 0) is 12.1 Å². The van der Waals surface area contributed by atoms with Gasteiger partial charge in [-0.15, -0.1) is 0 Å². The minimum absolute atomic E-state index is 0.0553. The van der Waals surface area contributed by atoms with E-state index in [9.17, 15) is 19.6 Å². The molecule has 158 valence electrons. The Kier molecular flexibility index (Phi) is 6.93. The lowest BCUT2D eigenvalue weighted by Crippen LogP contribution is -2.60. The van der Waals surface area contributed by atoms with Crippen molar-refractivity contribution in [1.82, 2.24) is 5.32 Å².